The van der Waals surface area contributed by atoms with Crippen LogP contribution in [-0.4, -0.2) is 19.2 Å². The molecular weight excluding hydrogens is 156 g/mol. The number of carbonyl (C=O) groups is 1. The summed E-state index contributed by atoms with van der Waals surface area (Å²) in [5.74, 6) is -0.192. The summed E-state index contributed by atoms with van der Waals surface area (Å²) >= 11 is 0. The van der Waals surface area contributed by atoms with E-state index >= 15 is 0 Å². The molecule has 0 unspecified atom stereocenters. The monoisotopic (exact) mass is 168 g/mol. The average molecular weight is 168 g/mol. The van der Waals surface area contributed by atoms with Gasteiger partial charge in [0.1, 0.15) is 6.61 Å². The molecule has 0 atom stereocenters. The third-order valence-electron chi connectivity index (χ3n) is 1.45. The molecule has 3 nitrogen and oxygen atoms in total. The average Bonchev–Trinajstić information content (AvgIpc) is 2.06. The van der Waals surface area contributed by atoms with Crippen LogP contribution in [0.25, 0.3) is 0 Å². The summed E-state index contributed by atoms with van der Waals surface area (Å²) in [6.07, 6.45) is 5.59. The molecule has 0 amide bonds. The van der Waals surface area contributed by atoms with Gasteiger partial charge in [-0.05, 0) is 18.6 Å². The second-order valence-electron chi connectivity index (χ2n) is 2.45. The Morgan fingerprint density at radius 2 is 2.58 bits per heavy atom. The van der Waals surface area contributed by atoms with Crippen LogP contribution < -0.4 is 0 Å². The standard InChI is InChI=1S/C9H12O3/c1-2-12-9(10)6-8-4-3-5-11-7-8/h3-5H,2,6-7H2,1H3. The molecule has 1 heterocycles. The highest BCUT2D eigenvalue weighted by molar-refractivity contribution is 5.72. The van der Waals surface area contributed by atoms with E-state index in [2.05, 4.69) is 0 Å². The molecule has 0 saturated carbocycles. The van der Waals surface area contributed by atoms with Crippen molar-refractivity contribution in [3.63, 3.8) is 0 Å². The van der Waals surface area contributed by atoms with Crippen molar-refractivity contribution in [2.75, 3.05) is 13.2 Å². The summed E-state index contributed by atoms with van der Waals surface area (Å²) in [4.78, 5) is 11.0. The summed E-state index contributed by atoms with van der Waals surface area (Å²) in [5, 5.41) is 0. The maximum atomic E-state index is 11.0. The zero-order valence-corrected chi connectivity index (χ0v) is 7.08. The third-order valence-corrected chi connectivity index (χ3v) is 1.45. The van der Waals surface area contributed by atoms with Gasteiger partial charge in [-0.15, -0.1) is 0 Å². The van der Waals surface area contributed by atoms with Gasteiger partial charge in [-0.25, -0.2) is 0 Å². The van der Waals surface area contributed by atoms with E-state index in [0.717, 1.165) is 5.57 Å². The molecule has 66 valence electrons. The number of esters is 1. The van der Waals surface area contributed by atoms with E-state index in [1.165, 1.54) is 0 Å². The Kier molecular flexibility index (Phi) is 3.38. The van der Waals surface area contributed by atoms with Crippen LogP contribution in [0.5, 0.6) is 0 Å². The number of hydrogen-bond acceptors (Lipinski definition) is 3. The van der Waals surface area contributed by atoms with Crippen LogP contribution in [0.3, 0.4) is 0 Å². The minimum atomic E-state index is -0.192. The Morgan fingerprint density at radius 3 is 3.17 bits per heavy atom. The van der Waals surface area contributed by atoms with E-state index in [4.69, 9.17) is 9.47 Å². The molecule has 0 aromatic heterocycles. The summed E-state index contributed by atoms with van der Waals surface area (Å²) in [6.45, 7) is 2.72. The number of rotatable bonds is 3. The van der Waals surface area contributed by atoms with Gasteiger partial charge in [0.25, 0.3) is 0 Å². The van der Waals surface area contributed by atoms with E-state index in [1.807, 2.05) is 6.08 Å². The van der Waals surface area contributed by atoms with Crippen LogP contribution in [-0.2, 0) is 14.3 Å². The predicted octanol–water partition coefficient (Wildman–Crippen LogP) is 1.41. The molecule has 0 aromatic rings. The molecule has 1 aliphatic heterocycles. The first kappa shape index (κ1) is 8.84. The van der Waals surface area contributed by atoms with Gasteiger partial charge in [0.2, 0.25) is 0 Å². The van der Waals surface area contributed by atoms with Crippen LogP contribution in [0, 0.1) is 0 Å². The van der Waals surface area contributed by atoms with Gasteiger partial charge in [-0.3, -0.25) is 4.79 Å². The van der Waals surface area contributed by atoms with Gasteiger partial charge in [0.15, 0.2) is 0 Å². The molecule has 0 fully saturated rings. The second kappa shape index (κ2) is 4.59. The van der Waals surface area contributed by atoms with E-state index in [9.17, 15) is 4.79 Å². The Balaban J connectivity index is 2.34. The van der Waals surface area contributed by atoms with Crippen LogP contribution in [0.2, 0.25) is 0 Å². The van der Waals surface area contributed by atoms with E-state index in [0.29, 0.717) is 19.6 Å². The number of hydrogen-bond donors (Lipinski definition) is 0. The van der Waals surface area contributed by atoms with Gasteiger partial charge in [-0.2, -0.15) is 0 Å². The van der Waals surface area contributed by atoms with Crippen LogP contribution in [0.4, 0.5) is 0 Å². The van der Waals surface area contributed by atoms with Gasteiger partial charge < -0.3 is 9.47 Å². The molecular formula is C9H12O3. The fraction of sp³-hybridized carbons (Fsp3) is 0.444. The molecule has 1 aliphatic rings. The van der Waals surface area contributed by atoms with Crippen LogP contribution in [0.15, 0.2) is 24.0 Å². The predicted molar refractivity (Wildman–Crippen MR) is 44.4 cm³/mol. The number of carbonyl (C=O) groups excluding carboxylic acids is 1. The first-order valence-electron chi connectivity index (χ1n) is 3.94. The van der Waals surface area contributed by atoms with Crippen molar-refractivity contribution < 1.29 is 14.3 Å². The third kappa shape index (κ3) is 2.78. The maximum Gasteiger partial charge on any atom is 0.310 e. The lowest BCUT2D eigenvalue weighted by Crippen LogP contribution is -2.08. The molecule has 0 aromatic carbocycles. The Morgan fingerprint density at radius 1 is 1.75 bits per heavy atom. The Hall–Kier alpha value is -1.25. The summed E-state index contributed by atoms with van der Waals surface area (Å²) in [5.41, 5.74) is 0.955. The molecule has 0 spiro atoms. The zero-order chi connectivity index (χ0) is 8.81. The highest BCUT2D eigenvalue weighted by atomic mass is 16.5. The quantitative estimate of drug-likeness (QED) is 0.598. The fourth-order valence-electron chi connectivity index (χ4n) is 0.942. The molecule has 0 N–H and O–H groups in total. The van der Waals surface area contributed by atoms with E-state index < -0.39 is 0 Å². The van der Waals surface area contributed by atoms with Crippen LogP contribution in [0.1, 0.15) is 13.3 Å². The fourth-order valence-corrected chi connectivity index (χ4v) is 0.942. The largest absolute Gasteiger partial charge is 0.497 e. The van der Waals surface area contributed by atoms with Gasteiger partial charge >= 0.3 is 5.97 Å². The molecule has 0 radical (unpaired) electrons. The van der Waals surface area contributed by atoms with Crippen molar-refractivity contribution in [2.45, 2.75) is 13.3 Å². The molecule has 1 rings (SSSR count). The van der Waals surface area contributed by atoms with Crippen molar-refractivity contribution in [3.8, 4) is 0 Å². The maximum absolute atomic E-state index is 11.0. The first-order chi connectivity index (χ1) is 5.83. The van der Waals surface area contributed by atoms with Crippen molar-refractivity contribution in [3.05, 3.63) is 24.0 Å². The molecule has 0 aliphatic carbocycles. The van der Waals surface area contributed by atoms with E-state index in [1.54, 1.807) is 19.3 Å². The van der Waals surface area contributed by atoms with Crippen LogP contribution >= 0.6 is 0 Å². The Bertz CT molecular complexity index is 216. The van der Waals surface area contributed by atoms with Crippen molar-refractivity contribution in [2.24, 2.45) is 0 Å². The highest BCUT2D eigenvalue weighted by Crippen LogP contribution is 2.08. The normalized spacial score (nSPS) is 14.9. The lowest BCUT2D eigenvalue weighted by Gasteiger charge is -2.08. The molecule has 0 bridgehead atoms. The highest BCUT2D eigenvalue weighted by Gasteiger charge is 2.07. The van der Waals surface area contributed by atoms with Crippen molar-refractivity contribution in [1.29, 1.82) is 0 Å². The van der Waals surface area contributed by atoms with Gasteiger partial charge in [0.05, 0.1) is 19.3 Å². The summed E-state index contributed by atoms with van der Waals surface area (Å²) in [7, 11) is 0. The molecule has 12 heavy (non-hydrogen) atoms. The topological polar surface area (TPSA) is 35.5 Å². The molecule has 0 saturated heterocycles. The van der Waals surface area contributed by atoms with E-state index in [-0.39, 0.29) is 5.97 Å². The molecule has 3 heteroatoms. The summed E-state index contributed by atoms with van der Waals surface area (Å²) in [6, 6.07) is 0. The minimum Gasteiger partial charge on any atom is -0.497 e. The minimum absolute atomic E-state index is 0.192. The lowest BCUT2D eigenvalue weighted by molar-refractivity contribution is -0.142. The zero-order valence-electron chi connectivity index (χ0n) is 7.08. The Labute approximate surface area is 71.7 Å². The number of ether oxygens (including phenoxy) is 2. The SMILES string of the molecule is CCOC(=O)CC1=CC=COC1. The smallest absolute Gasteiger partial charge is 0.310 e. The van der Waals surface area contributed by atoms with Crippen molar-refractivity contribution >= 4 is 5.97 Å². The lowest BCUT2D eigenvalue weighted by atomic mass is 10.2. The summed E-state index contributed by atoms with van der Waals surface area (Å²) < 4.78 is 9.79. The first-order valence-corrected chi connectivity index (χ1v) is 3.94. The van der Waals surface area contributed by atoms with Gasteiger partial charge in [0, 0.05) is 0 Å². The number of allylic oxidation sites excluding steroid dienone is 2. The second-order valence-corrected chi connectivity index (χ2v) is 2.45. The van der Waals surface area contributed by atoms with Gasteiger partial charge in [-0.1, -0.05) is 6.08 Å². The van der Waals surface area contributed by atoms with Crippen molar-refractivity contribution in [1.82, 2.24) is 0 Å².